The zero-order valence-corrected chi connectivity index (χ0v) is 10.3. The molecular weight excluding hydrogens is 264 g/mol. The van der Waals surface area contributed by atoms with Crippen molar-refractivity contribution in [2.24, 2.45) is 5.84 Å². The first kappa shape index (κ1) is 13.5. The summed E-state index contributed by atoms with van der Waals surface area (Å²) in [5, 5.41) is 19.9. The number of nitrogens with one attached hydrogen (secondary N) is 3. The second kappa shape index (κ2) is 5.80. The molecule has 1 aromatic carbocycles. The van der Waals surface area contributed by atoms with Crippen molar-refractivity contribution < 1.29 is 9.72 Å². The summed E-state index contributed by atoms with van der Waals surface area (Å²) in [5.74, 6) is 4.75. The maximum absolute atomic E-state index is 11.9. The van der Waals surface area contributed by atoms with Gasteiger partial charge in [-0.2, -0.15) is 5.10 Å². The first-order valence-corrected chi connectivity index (χ1v) is 5.62. The highest BCUT2D eigenvalue weighted by Gasteiger charge is 2.16. The second-order valence-electron chi connectivity index (χ2n) is 3.92. The molecule has 0 saturated heterocycles. The number of carbonyl (C=O) groups excluding carboxylic acids is 1. The van der Waals surface area contributed by atoms with E-state index in [9.17, 15) is 14.9 Å². The van der Waals surface area contributed by atoms with E-state index in [2.05, 4.69) is 20.9 Å². The second-order valence-corrected chi connectivity index (χ2v) is 3.92. The molecule has 0 bridgehead atoms. The van der Waals surface area contributed by atoms with Crippen LogP contribution >= 0.6 is 0 Å². The highest BCUT2D eigenvalue weighted by atomic mass is 16.6. The van der Waals surface area contributed by atoms with Gasteiger partial charge in [-0.25, -0.2) is 0 Å². The summed E-state index contributed by atoms with van der Waals surface area (Å²) in [4.78, 5) is 22.2. The van der Waals surface area contributed by atoms with Crippen LogP contribution in [0, 0.1) is 10.1 Å². The van der Waals surface area contributed by atoms with Gasteiger partial charge >= 0.3 is 0 Å². The summed E-state index contributed by atoms with van der Waals surface area (Å²) in [6, 6.07) is 4.00. The molecule has 9 nitrogen and oxygen atoms in total. The molecule has 0 radical (unpaired) electrons. The Kier molecular flexibility index (Phi) is 3.91. The Labute approximate surface area is 113 Å². The van der Waals surface area contributed by atoms with E-state index in [1.54, 1.807) is 12.4 Å². The number of amides is 1. The third-order valence-electron chi connectivity index (χ3n) is 2.62. The van der Waals surface area contributed by atoms with E-state index >= 15 is 0 Å². The number of carbonyl (C=O) groups is 1. The lowest BCUT2D eigenvalue weighted by Crippen LogP contribution is -2.22. The van der Waals surface area contributed by atoms with E-state index in [0.717, 1.165) is 5.56 Å². The minimum Gasteiger partial charge on any atom is -0.348 e. The molecule has 0 aliphatic rings. The molecule has 0 fully saturated rings. The van der Waals surface area contributed by atoms with E-state index in [1.165, 1.54) is 18.2 Å². The SMILES string of the molecule is NNc1ccc(C(=O)NCc2cn[nH]c2)cc1[N+](=O)[O-]. The number of nitro groups is 1. The number of nitrogens with zero attached hydrogens (tertiary/aromatic N) is 2. The number of anilines is 1. The highest BCUT2D eigenvalue weighted by molar-refractivity contribution is 5.95. The van der Waals surface area contributed by atoms with Crippen molar-refractivity contribution in [2.45, 2.75) is 6.54 Å². The van der Waals surface area contributed by atoms with Crippen LogP contribution in [0.15, 0.2) is 30.6 Å². The quantitative estimate of drug-likeness (QED) is 0.357. The van der Waals surface area contributed by atoms with Crippen LogP contribution < -0.4 is 16.6 Å². The molecule has 0 aliphatic heterocycles. The van der Waals surface area contributed by atoms with Gasteiger partial charge in [-0.3, -0.25) is 25.9 Å². The molecule has 0 aliphatic carbocycles. The molecule has 9 heteroatoms. The molecule has 0 unspecified atom stereocenters. The zero-order chi connectivity index (χ0) is 14.5. The summed E-state index contributed by atoms with van der Waals surface area (Å²) < 4.78 is 0. The van der Waals surface area contributed by atoms with Gasteiger partial charge in [0.2, 0.25) is 0 Å². The third kappa shape index (κ3) is 2.90. The molecule has 5 N–H and O–H groups in total. The van der Waals surface area contributed by atoms with Crippen molar-refractivity contribution in [3.05, 3.63) is 51.8 Å². The molecule has 1 heterocycles. The molecule has 0 saturated carbocycles. The first-order valence-electron chi connectivity index (χ1n) is 5.62. The monoisotopic (exact) mass is 276 g/mol. The number of hydrazine groups is 1. The summed E-state index contributed by atoms with van der Waals surface area (Å²) in [6.07, 6.45) is 3.22. The van der Waals surface area contributed by atoms with Crippen molar-refractivity contribution in [1.29, 1.82) is 0 Å². The highest BCUT2D eigenvalue weighted by Crippen LogP contribution is 2.24. The maximum atomic E-state index is 11.9. The van der Waals surface area contributed by atoms with Crippen molar-refractivity contribution in [3.8, 4) is 0 Å². The van der Waals surface area contributed by atoms with Crippen LogP contribution in [-0.2, 0) is 6.54 Å². The normalized spacial score (nSPS) is 10.1. The lowest BCUT2D eigenvalue weighted by molar-refractivity contribution is -0.384. The summed E-state index contributed by atoms with van der Waals surface area (Å²) in [5.41, 5.74) is 3.07. The van der Waals surface area contributed by atoms with E-state index in [4.69, 9.17) is 5.84 Å². The average Bonchev–Trinajstić information content (AvgIpc) is 2.97. The topological polar surface area (TPSA) is 139 Å². The fraction of sp³-hybridized carbons (Fsp3) is 0.0909. The van der Waals surface area contributed by atoms with Gasteiger partial charge in [-0.05, 0) is 12.1 Å². The smallest absolute Gasteiger partial charge is 0.294 e. The zero-order valence-electron chi connectivity index (χ0n) is 10.3. The van der Waals surface area contributed by atoms with Crippen LogP contribution in [0.25, 0.3) is 0 Å². The Morgan fingerprint density at radius 2 is 2.30 bits per heavy atom. The summed E-state index contributed by atoms with van der Waals surface area (Å²) in [6.45, 7) is 0.278. The Balaban J connectivity index is 2.13. The minimum atomic E-state index is -0.609. The number of H-pyrrole nitrogens is 1. The van der Waals surface area contributed by atoms with Crippen LogP contribution in [0.5, 0.6) is 0 Å². The predicted molar refractivity (Wildman–Crippen MR) is 70.7 cm³/mol. The van der Waals surface area contributed by atoms with Crippen molar-refractivity contribution in [1.82, 2.24) is 15.5 Å². The molecule has 1 aromatic heterocycles. The fourth-order valence-corrected chi connectivity index (χ4v) is 1.60. The van der Waals surface area contributed by atoms with Gasteiger partial charge < -0.3 is 10.7 Å². The van der Waals surface area contributed by atoms with E-state index in [0.29, 0.717) is 0 Å². The van der Waals surface area contributed by atoms with Gasteiger partial charge in [0, 0.05) is 29.9 Å². The third-order valence-corrected chi connectivity index (χ3v) is 2.62. The van der Waals surface area contributed by atoms with Crippen molar-refractivity contribution >= 4 is 17.3 Å². The lowest BCUT2D eigenvalue weighted by Gasteiger charge is -2.06. The predicted octanol–water partition coefficient (Wildman–Crippen LogP) is 0.533. The number of nitrogens with two attached hydrogens (primary N) is 1. The van der Waals surface area contributed by atoms with Gasteiger partial charge in [-0.1, -0.05) is 0 Å². The van der Waals surface area contributed by atoms with Crippen LogP contribution in [0.4, 0.5) is 11.4 Å². The molecule has 20 heavy (non-hydrogen) atoms. The van der Waals surface area contributed by atoms with Crippen molar-refractivity contribution in [3.63, 3.8) is 0 Å². The van der Waals surface area contributed by atoms with Gasteiger partial charge in [0.25, 0.3) is 11.6 Å². The Morgan fingerprint density at radius 1 is 1.50 bits per heavy atom. The Hall–Kier alpha value is -2.94. The molecule has 2 aromatic rings. The van der Waals surface area contributed by atoms with Crippen LogP contribution in [-0.4, -0.2) is 21.0 Å². The standard InChI is InChI=1S/C11H12N6O3/c12-16-9-2-1-8(3-10(9)17(19)20)11(18)13-4-7-5-14-15-6-7/h1-3,5-6,16H,4,12H2,(H,13,18)(H,14,15). The van der Waals surface area contributed by atoms with E-state index in [1.807, 2.05) is 0 Å². The van der Waals surface area contributed by atoms with Crippen LogP contribution in [0.2, 0.25) is 0 Å². The molecule has 2 rings (SSSR count). The molecule has 0 atom stereocenters. The van der Waals surface area contributed by atoms with Crippen LogP contribution in [0.1, 0.15) is 15.9 Å². The molecule has 1 amide bonds. The van der Waals surface area contributed by atoms with Gasteiger partial charge in [0.05, 0.1) is 11.1 Å². The lowest BCUT2D eigenvalue weighted by atomic mass is 10.1. The number of hydrogen-bond donors (Lipinski definition) is 4. The number of benzene rings is 1. The van der Waals surface area contributed by atoms with Crippen molar-refractivity contribution in [2.75, 3.05) is 5.43 Å². The average molecular weight is 276 g/mol. The number of aromatic amines is 1. The fourth-order valence-electron chi connectivity index (χ4n) is 1.60. The maximum Gasteiger partial charge on any atom is 0.294 e. The largest absolute Gasteiger partial charge is 0.348 e. The summed E-state index contributed by atoms with van der Waals surface area (Å²) in [7, 11) is 0. The number of nitro benzene ring substituents is 1. The Bertz CT molecular complexity index is 625. The number of nitrogen functional groups attached to an aromatic ring is 1. The van der Waals surface area contributed by atoms with Crippen LogP contribution in [0.3, 0.4) is 0 Å². The first-order chi connectivity index (χ1) is 9.61. The van der Waals surface area contributed by atoms with Gasteiger partial charge in [0.1, 0.15) is 5.69 Å². The number of rotatable bonds is 5. The van der Waals surface area contributed by atoms with E-state index < -0.39 is 10.8 Å². The van der Waals surface area contributed by atoms with E-state index in [-0.39, 0.29) is 23.5 Å². The molecular formula is C11H12N6O3. The van der Waals surface area contributed by atoms with Gasteiger partial charge in [0.15, 0.2) is 0 Å². The number of aromatic nitrogens is 2. The van der Waals surface area contributed by atoms with Gasteiger partial charge in [-0.15, -0.1) is 0 Å². The summed E-state index contributed by atoms with van der Waals surface area (Å²) >= 11 is 0. The minimum absolute atomic E-state index is 0.140. The molecule has 0 spiro atoms. The molecule has 104 valence electrons. The number of hydrogen-bond acceptors (Lipinski definition) is 6. The Morgan fingerprint density at radius 3 is 2.90 bits per heavy atom.